The Morgan fingerprint density at radius 2 is 0.940 bits per heavy atom. The highest BCUT2D eigenvalue weighted by Crippen LogP contribution is 2.36. The second kappa shape index (κ2) is 13.9. The number of ether oxygens (including phenoxy) is 6. The van der Waals surface area contributed by atoms with E-state index in [1.165, 1.54) is 11.1 Å². The summed E-state index contributed by atoms with van der Waals surface area (Å²) in [5.41, 5.74) is 3.03. The Morgan fingerprint density at radius 1 is 0.560 bits per heavy atom. The van der Waals surface area contributed by atoms with Crippen molar-refractivity contribution in [2.45, 2.75) is 95.7 Å². The minimum atomic E-state index is -0.878. The molecule has 2 saturated heterocycles. The predicted molar refractivity (Wildman–Crippen MR) is 196 cm³/mol. The fourth-order valence-corrected chi connectivity index (χ4v) is 6.07. The zero-order chi connectivity index (χ0) is 35.7. The molecule has 0 radical (unpaired) electrons. The van der Waals surface area contributed by atoms with Crippen molar-refractivity contribution in [3.8, 4) is 23.0 Å². The van der Waals surface area contributed by atoms with Gasteiger partial charge in [0.1, 0.15) is 65.7 Å². The van der Waals surface area contributed by atoms with Gasteiger partial charge in [0.05, 0.1) is 13.2 Å². The van der Waals surface area contributed by atoms with Crippen LogP contribution in [0.5, 0.6) is 23.0 Å². The topological polar surface area (TPSA) is 82.2 Å². The van der Waals surface area contributed by atoms with Crippen LogP contribution in [0.15, 0.2) is 97.1 Å². The molecular formula is C43H52O7. The number of aliphatic hydroxyl groups is 1. The van der Waals surface area contributed by atoms with Crippen LogP contribution in [0.4, 0.5) is 0 Å². The summed E-state index contributed by atoms with van der Waals surface area (Å²) in [7, 11) is 0. The molecule has 7 nitrogen and oxygen atoms in total. The second-order valence-corrected chi connectivity index (χ2v) is 15.7. The summed E-state index contributed by atoms with van der Waals surface area (Å²) in [5.74, 6) is 3.06. The van der Waals surface area contributed by atoms with E-state index in [0.717, 1.165) is 35.8 Å². The second-order valence-electron chi connectivity index (χ2n) is 15.7. The Bertz CT molecular complexity index is 1700. The largest absolute Gasteiger partial charge is 0.491 e. The smallest absolute Gasteiger partial charge is 0.132 e. The SMILES string of the molecule is CC(C)(c1ccc(OCC2CO2)cc1)c1ccc(OC(C)(C)C(O)COc2ccc(C(C)(C)c3ccc(OC(C)(C)C4CO4)cc3)cc2)cc1. The Morgan fingerprint density at radius 3 is 1.34 bits per heavy atom. The maximum atomic E-state index is 11.1. The van der Waals surface area contributed by atoms with Crippen molar-refractivity contribution in [2.24, 2.45) is 0 Å². The van der Waals surface area contributed by atoms with Crippen LogP contribution in [0.1, 0.15) is 77.6 Å². The fourth-order valence-electron chi connectivity index (χ4n) is 6.07. The molecule has 6 rings (SSSR count). The maximum Gasteiger partial charge on any atom is 0.132 e. The van der Waals surface area contributed by atoms with Crippen LogP contribution in [-0.2, 0) is 20.3 Å². The molecule has 0 bridgehead atoms. The van der Waals surface area contributed by atoms with Crippen LogP contribution in [0.2, 0.25) is 0 Å². The lowest BCUT2D eigenvalue weighted by molar-refractivity contribution is -0.0492. The molecule has 4 aromatic rings. The van der Waals surface area contributed by atoms with Gasteiger partial charge in [-0.05, 0) is 98.5 Å². The van der Waals surface area contributed by atoms with E-state index in [9.17, 15) is 5.11 Å². The molecule has 2 aliphatic rings. The molecule has 2 fully saturated rings. The van der Waals surface area contributed by atoms with Crippen molar-refractivity contribution < 1.29 is 33.5 Å². The maximum absolute atomic E-state index is 11.1. The van der Waals surface area contributed by atoms with Gasteiger partial charge >= 0.3 is 0 Å². The highest BCUT2D eigenvalue weighted by Gasteiger charge is 2.41. The van der Waals surface area contributed by atoms with Crippen molar-refractivity contribution in [1.29, 1.82) is 0 Å². The van der Waals surface area contributed by atoms with E-state index >= 15 is 0 Å². The summed E-state index contributed by atoms with van der Waals surface area (Å²) in [6.07, 6.45) is -0.475. The van der Waals surface area contributed by atoms with Crippen LogP contribution in [0.3, 0.4) is 0 Å². The number of epoxide rings is 2. The average Bonchev–Trinajstić information content (AvgIpc) is 4.01. The van der Waals surface area contributed by atoms with Crippen molar-refractivity contribution in [2.75, 3.05) is 26.4 Å². The molecule has 3 atom stereocenters. The molecule has 1 N–H and O–H groups in total. The van der Waals surface area contributed by atoms with Crippen molar-refractivity contribution in [3.05, 3.63) is 119 Å². The Labute approximate surface area is 297 Å². The van der Waals surface area contributed by atoms with Gasteiger partial charge in [-0.15, -0.1) is 0 Å². The first-order chi connectivity index (χ1) is 23.6. The third-order valence-corrected chi connectivity index (χ3v) is 10.2. The fraction of sp³-hybridized carbons (Fsp3) is 0.442. The lowest BCUT2D eigenvalue weighted by Gasteiger charge is -2.32. The van der Waals surface area contributed by atoms with Crippen LogP contribution in [0, 0.1) is 0 Å². The summed E-state index contributed by atoms with van der Waals surface area (Å²) in [6, 6.07) is 32.7. The van der Waals surface area contributed by atoms with Gasteiger partial charge in [-0.25, -0.2) is 0 Å². The molecule has 7 heteroatoms. The molecule has 266 valence electrons. The molecule has 2 aliphatic heterocycles. The average molecular weight is 681 g/mol. The standard InChI is InChI=1S/C43H52O7/c1-40(2,29-9-17-33(18-10-29)45-25-37-26-46-37)31-13-21-35(22-14-31)49-42(5,6)38(44)27-47-34-19-11-30(12-20-34)41(3,4)32-15-23-36(24-16-32)50-43(7,8)39-28-48-39/h9-24,37-39,44H,25-28H2,1-8H3. The molecule has 0 spiro atoms. The summed E-state index contributed by atoms with van der Waals surface area (Å²) < 4.78 is 35.0. The molecule has 50 heavy (non-hydrogen) atoms. The van der Waals surface area contributed by atoms with Crippen LogP contribution >= 0.6 is 0 Å². The van der Waals surface area contributed by atoms with E-state index in [1.54, 1.807) is 0 Å². The van der Waals surface area contributed by atoms with Crippen molar-refractivity contribution in [3.63, 3.8) is 0 Å². The number of aliphatic hydroxyl groups excluding tert-OH is 1. The summed E-state index contributed by atoms with van der Waals surface area (Å²) in [6.45, 7) is 18.9. The van der Waals surface area contributed by atoms with E-state index in [1.807, 2.05) is 62.4 Å². The minimum absolute atomic E-state index is 0.0952. The lowest BCUT2D eigenvalue weighted by atomic mass is 9.78. The third kappa shape index (κ3) is 8.45. The predicted octanol–water partition coefficient (Wildman–Crippen LogP) is 8.27. The lowest BCUT2D eigenvalue weighted by Crippen LogP contribution is -2.45. The van der Waals surface area contributed by atoms with Crippen LogP contribution in [-0.4, -0.2) is 61.0 Å². The Kier molecular flexibility index (Phi) is 9.97. The van der Waals surface area contributed by atoms with Gasteiger partial charge in [0.15, 0.2) is 0 Å². The van der Waals surface area contributed by atoms with E-state index in [4.69, 9.17) is 28.4 Å². The van der Waals surface area contributed by atoms with Crippen molar-refractivity contribution in [1.82, 2.24) is 0 Å². The Hall–Kier alpha value is -4.04. The van der Waals surface area contributed by atoms with Gasteiger partial charge in [-0.3, -0.25) is 0 Å². The van der Waals surface area contributed by atoms with E-state index in [-0.39, 0.29) is 35.2 Å². The molecule has 3 unspecified atom stereocenters. The number of rotatable bonds is 16. The zero-order valence-electron chi connectivity index (χ0n) is 30.7. The summed E-state index contributed by atoms with van der Waals surface area (Å²) >= 11 is 0. The van der Waals surface area contributed by atoms with Gasteiger partial charge in [0.25, 0.3) is 0 Å². The van der Waals surface area contributed by atoms with Gasteiger partial charge in [-0.1, -0.05) is 76.2 Å². The normalized spacial score (nSPS) is 18.3. The van der Waals surface area contributed by atoms with Crippen LogP contribution < -0.4 is 18.9 Å². The van der Waals surface area contributed by atoms with Gasteiger partial charge in [-0.2, -0.15) is 0 Å². The van der Waals surface area contributed by atoms with Crippen LogP contribution in [0.25, 0.3) is 0 Å². The first-order valence-electron chi connectivity index (χ1n) is 17.6. The monoisotopic (exact) mass is 680 g/mol. The van der Waals surface area contributed by atoms with Crippen molar-refractivity contribution >= 4 is 0 Å². The summed E-state index contributed by atoms with van der Waals surface area (Å²) in [4.78, 5) is 0. The first-order valence-corrected chi connectivity index (χ1v) is 17.6. The first kappa shape index (κ1) is 35.8. The van der Waals surface area contributed by atoms with E-state index in [0.29, 0.717) is 18.1 Å². The van der Waals surface area contributed by atoms with E-state index < -0.39 is 11.7 Å². The summed E-state index contributed by atoms with van der Waals surface area (Å²) in [5, 5.41) is 11.1. The third-order valence-electron chi connectivity index (χ3n) is 10.2. The van der Waals surface area contributed by atoms with Gasteiger partial charge in [0.2, 0.25) is 0 Å². The van der Waals surface area contributed by atoms with Gasteiger partial charge in [0, 0.05) is 10.8 Å². The highest BCUT2D eigenvalue weighted by atomic mass is 16.6. The van der Waals surface area contributed by atoms with Gasteiger partial charge < -0.3 is 33.5 Å². The molecule has 0 aliphatic carbocycles. The number of hydrogen-bond acceptors (Lipinski definition) is 7. The molecule has 0 aromatic heterocycles. The molecular weight excluding hydrogens is 628 g/mol. The Balaban J connectivity index is 1.01. The molecule has 2 heterocycles. The highest BCUT2D eigenvalue weighted by molar-refractivity contribution is 5.43. The quantitative estimate of drug-likeness (QED) is 0.119. The van der Waals surface area contributed by atoms with E-state index in [2.05, 4.69) is 90.1 Å². The zero-order valence-corrected chi connectivity index (χ0v) is 30.7. The molecule has 0 amide bonds. The number of benzene rings is 4. The number of hydrogen-bond donors (Lipinski definition) is 1. The minimum Gasteiger partial charge on any atom is -0.491 e. The molecule has 4 aromatic carbocycles. The molecule has 0 saturated carbocycles.